The van der Waals surface area contributed by atoms with Gasteiger partial charge in [0.15, 0.2) is 11.5 Å². The first-order valence-corrected chi connectivity index (χ1v) is 6.13. The average molecular weight is 261 g/mol. The van der Waals surface area contributed by atoms with Crippen molar-refractivity contribution in [1.82, 2.24) is 14.9 Å². The van der Waals surface area contributed by atoms with Crippen LogP contribution in [0.2, 0.25) is 0 Å². The zero-order chi connectivity index (χ0) is 13.7. The molecule has 0 bridgehead atoms. The molecular formula is C14H19N3O2. The molecule has 0 atom stereocenters. The first-order chi connectivity index (χ1) is 9.26. The number of nitrogens with zero attached hydrogens (tertiary/aromatic N) is 2. The molecular weight excluding hydrogens is 242 g/mol. The third-order valence-electron chi connectivity index (χ3n) is 2.86. The van der Waals surface area contributed by atoms with Crippen molar-refractivity contribution in [2.75, 3.05) is 21.3 Å². The van der Waals surface area contributed by atoms with Crippen molar-refractivity contribution in [3.05, 3.63) is 42.0 Å². The first-order valence-electron chi connectivity index (χ1n) is 6.13. The standard InChI is InChI=1S/C14H19N3O2/c1-15-7-12-9-17(10-16-12)8-11-4-5-13(18-2)14(6-11)19-3/h4-6,9-10,15H,7-8H2,1-3H3. The zero-order valence-electron chi connectivity index (χ0n) is 11.5. The third kappa shape index (κ3) is 3.26. The van der Waals surface area contributed by atoms with Crippen molar-refractivity contribution in [2.45, 2.75) is 13.1 Å². The van der Waals surface area contributed by atoms with Crippen molar-refractivity contribution in [1.29, 1.82) is 0 Å². The van der Waals surface area contributed by atoms with Gasteiger partial charge in [-0.05, 0) is 24.7 Å². The van der Waals surface area contributed by atoms with E-state index in [1.165, 1.54) is 0 Å². The summed E-state index contributed by atoms with van der Waals surface area (Å²) in [5.74, 6) is 1.49. The molecule has 2 rings (SSSR count). The lowest BCUT2D eigenvalue weighted by atomic mass is 10.2. The maximum absolute atomic E-state index is 5.30. The van der Waals surface area contributed by atoms with Crippen molar-refractivity contribution < 1.29 is 9.47 Å². The van der Waals surface area contributed by atoms with E-state index >= 15 is 0 Å². The van der Waals surface area contributed by atoms with Gasteiger partial charge in [-0.15, -0.1) is 0 Å². The fraction of sp³-hybridized carbons (Fsp3) is 0.357. The molecule has 0 fully saturated rings. The number of benzene rings is 1. The van der Waals surface area contributed by atoms with E-state index in [2.05, 4.69) is 10.3 Å². The molecule has 5 nitrogen and oxygen atoms in total. The summed E-state index contributed by atoms with van der Waals surface area (Å²) in [6, 6.07) is 5.93. The van der Waals surface area contributed by atoms with Gasteiger partial charge in [-0.1, -0.05) is 6.07 Å². The second kappa shape index (κ2) is 6.24. The Morgan fingerprint density at radius 2 is 2.00 bits per heavy atom. The Bertz CT molecular complexity index is 537. The fourth-order valence-electron chi connectivity index (χ4n) is 1.96. The van der Waals surface area contributed by atoms with Gasteiger partial charge < -0.3 is 19.4 Å². The van der Waals surface area contributed by atoms with Crippen LogP contribution in [0.4, 0.5) is 0 Å². The normalized spacial score (nSPS) is 10.5. The number of imidazole rings is 1. The molecule has 1 aromatic heterocycles. The summed E-state index contributed by atoms with van der Waals surface area (Å²) in [5.41, 5.74) is 2.18. The Morgan fingerprint density at radius 3 is 2.68 bits per heavy atom. The SMILES string of the molecule is CNCc1cn(Cc2ccc(OC)c(OC)c2)cn1. The van der Waals surface area contributed by atoms with Crippen molar-refractivity contribution in [3.8, 4) is 11.5 Å². The van der Waals surface area contributed by atoms with Gasteiger partial charge in [0.05, 0.1) is 26.2 Å². The molecule has 0 aliphatic heterocycles. The second-order valence-electron chi connectivity index (χ2n) is 4.26. The first kappa shape index (κ1) is 13.4. The number of ether oxygens (including phenoxy) is 2. The summed E-state index contributed by atoms with van der Waals surface area (Å²) in [6.07, 6.45) is 3.87. The molecule has 19 heavy (non-hydrogen) atoms. The van der Waals surface area contributed by atoms with E-state index in [0.717, 1.165) is 35.8 Å². The smallest absolute Gasteiger partial charge is 0.161 e. The lowest BCUT2D eigenvalue weighted by Crippen LogP contribution is -2.05. The summed E-state index contributed by atoms with van der Waals surface area (Å²) in [4.78, 5) is 4.32. The van der Waals surface area contributed by atoms with Gasteiger partial charge >= 0.3 is 0 Å². The third-order valence-corrected chi connectivity index (χ3v) is 2.86. The largest absolute Gasteiger partial charge is 0.493 e. The van der Waals surface area contributed by atoms with Crippen molar-refractivity contribution in [3.63, 3.8) is 0 Å². The highest BCUT2D eigenvalue weighted by Gasteiger charge is 2.05. The molecule has 102 valence electrons. The van der Waals surface area contributed by atoms with Gasteiger partial charge in [0, 0.05) is 19.3 Å². The predicted molar refractivity (Wildman–Crippen MR) is 73.6 cm³/mol. The van der Waals surface area contributed by atoms with Crippen molar-refractivity contribution >= 4 is 0 Å². The maximum atomic E-state index is 5.30. The number of aromatic nitrogens is 2. The number of methoxy groups -OCH3 is 2. The van der Waals surface area contributed by atoms with E-state index in [4.69, 9.17) is 9.47 Å². The highest BCUT2D eigenvalue weighted by Crippen LogP contribution is 2.27. The Hall–Kier alpha value is -2.01. The summed E-state index contributed by atoms with van der Waals surface area (Å²) in [5, 5.41) is 3.08. The van der Waals surface area contributed by atoms with Crippen LogP contribution in [0.3, 0.4) is 0 Å². The van der Waals surface area contributed by atoms with E-state index in [1.807, 2.05) is 42.3 Å². The minimum Gasteiger partial charge on any atom is -0.493 e. The fourth-order valence-corrected chi connectivity index (χ4v) is 1.96. The minimum absolute atomic E-state index is 0.743. The van der Waals surface area contributed by atoms with E-state index in [0.29, 0.717) is 0 Å². The van der Waals surface area contributed by atoms with Crippen LogP contribution in [-0.4, -0.2) is 30.8 Å². The molecule has 1 aromatic carbocycles. The van der Waals surface area contributed by atoms with Crippen LogP contribution in [0.15, 0.2) is 30.7 Å². The molecule has 0 spiro atoms. The highest BCUT2D eigenvalue weighted by atomic mass is 16.5. The molecule has 0 saturated carbocycles. The van der Waals surface area contributed by atoms with Gasteiger partial charge in [-0.25, -0.2) is 4.98 Å². The molecule has 1 N–H and O–H groups in total. The van der Waals surface area contributed by atoms with E-state index < -0.39 is 0 Å². The molecule has 0 unspecified atom stereocenters. The van der Waals surface area contributed by atoms with Gasteiger partial charge in [0.2, 0.25) is 0 Å². The minimum atomic E-state index is 0.743. The molecule has 0 aliphatic carbocycles. The van der Waals surface area contributed by atoms with Gasteiger partial charge in [-0.2, -0.15) is 0 Å². The monoisotopic (exact) mass is 261 g/mol. The summed E-state index contributed by atoms with van der Waals surface area (Å²) in [6.45, 7) is 1.54. The van der Waals surface area contributed by atoms with Gasteiger partial charge in [-0.3, -0.25) is 0 Å². The zero-order valence-corrected chi connectivity index (χ0v) is 11.5. The van der Waals surface area contributed by atoms with Crippen LogP contribution >= 0.6 is 0 Å². The molecule has 0 amide bonds. The average Bonchev–Trinajstić information content (AvgIpc) is 2.86. The summed E-state index contributed by atoms with van der Waals surface area (Å²) >= 11 is 0. The van der Waals surface area contributed by atoms with Crippen molar-refractivity contribution in [2.24, 2.45) is 0 Å². The number of hydrogen-bond donors (Lipinski definition) is 1. The predicted octanol–water partition coefficient (Wildman–Crippen LogP) is 1.67. The topological polar surface area (TPSA) is 48.3 Å². The molecule has 0 aliphatic rings. The van der Waals surface area contributed by atoms with Crippen LogP contribution in [-0.2, 0) is 13.1 Å². The highest BCUT2D eigenvalue weighted by molar-refractivity contribution is 5.42. The molecule has 1 heterocycles. The molecule has 0 radical (unpaired) electrons. The lowest BCUT2D eigenvalue weighted by Gasteiger charge is -2.09. The Balaban J connectivity index is 2.13. The van der Waals surface area contributed by atoms with Crippen LogP contribution in [0.5, 0.6) is 11.5 Å². The maximum Gasteiger partial charge on any atom is 0.161 e. The Kier molecular flexibility index (Phi) is 4.41. The van der Waals surface area contributed by atoms with Gasteiger partial charge in [0.25, 0.3) is 0 Å². The van der Waals surface area contributed by atoms with E-state index in [1.54, 1.807) is 14.2 Å². The summed E-state index contributed by atoms with van der Waals surface area (Å²) < 4.78 is 12.6. The molecule has 0 saturated heterocycles. The van der Waals surface area contributed by atoms with E-state index in [-0.39, 0.29) is 0 Å². The van der Waals surface area contributed by atoms with Crippen LogP contribution in [0, 0.1) is 0 Å². The quantitative estimate of drug-likeness (QED) is 0.859. The Morgan fingerprint density at radius 1 is 1.21 bits per heavy atom. The summed E-state index contributed by atoms with van der Waals surface area (Å²) in [7, 11) is 5.19. The number of hydrogen-bond acceptors (Lipinski definition) is 4. The molecule has 5 heteroatoms. The Labute approximate surface area is 113 Å². The molecule has 2 aromatic rings. The van der Waals surface area contributed by atoms with Crippen LogP contribution in [0.25, 0.3) is 0 Å². The number of nitrogens with one attached hydrogen (secondary N) is 1. The van der Waals surface area contributed by atoms with Gasteiger partial charge in [0.1, 0.15) is 0 Å². The van der Waals surface area contributed by atoms with Crippen LogP contribution < -0.4 is 14.8 Å². The number of rotatable bonds is 6. The van der Waals surface area contributed by atoms with Crippen LogP contribution in [0.1, 0.15) is 11.3 Å². The second-order valence-corrected chi connectivity index (χ2v) is 4.26. The lowest BCUT2D eigenvalue weighted by molar-refractivity contribution is 0.354. The van der Waals surface area contributed by atoms with E-state index in [9.17, 15) is 0 Å².